The minimum absolute atomic E-state index is 0.0613. The van der Waals surface area contributed by atoms with E-state index in [2.05, 4.69) is 35.4 Å². The molecule has 7 nitrogen and oxygen atoms in total. The molecule has 8 heteroatoms. The Morgan fingerprint density at radius 3 is 2.23 bits per heavy atom. The third-order valence-electron chi connectivity index (χ3n) is 6.27. The molecule has 1 aliphatic rings. The summed E-state index contributed by atoms with van der Waals surface area (Å²) in [6, 6.07) is 18.0. The Bertz CT molecular complexity index is 1290. The molecule has 1 saturated heterocycles. The molecule has 2 heterocycles. The van der Waals surface area contributed by atoms with Crippen molar-refractivity contribution in [3.8, 4) is 0 Å². The zero-order valence-electron chi connectivity index (χ0n) is 20.7. The first kappa shape index (κ1) is 24.7. The molecule has 1 aliphatic heterocycles. The van der Waals surface area contributed by atoms with E-state index < -0.39 is 10.0 Å². The van der Waals surface area contributed by atoms with Crippen LogP contribution in [0.5, 0.6) is 0 Å². The summed E-state index contributed by atoms with van der Waals surface area (Å²) in [6.45, 7) is 10.6. The standard InChI is InChI=1S/C27H32N4O3S/c1-20-8-11-22(27(2,3)4)19-24(20)35(33,34)29-23-12-9-21(10-13-23)26(32)31-17-15-30(16-18-31)25-7-5-6-14-28-25/h5-14,19,29H,15-18H2,1-4H3. The van der Waals surface area contributed by atoms with Crippen LogP contribution in [-0.2, 0) is 15.4 Å². The van der Waals surface area contributed by atoms with Gasteiger partial charge in [0.25, 0.3) is 15.9 Å². The molecule has 35 heavy (non-hydrogen) atoms. The molecule has 0 atom stereocenters. The number of nitrogens with zero attached hydrogens (tertiary/aromatic N) is 3. The number of pyridine rings is 1. The van der Waals surface area contributed by atoms with Crippen LogP contribution in [0.2, 0.25) is 0 Å². The van der Waals surface area contributed by atoms with E-state index in [-0.39, 0.29) is 16.2 Å². The summed E-state index contributed by atoms with van der Waals surface area (Å²) >= 11 is 0. The monoisotopic (exact) mass is 492 g/mol. The Hall–Kier alpha value is -3.39. The van der Waals surface area contributed by atoms with Crippen molar-refractivity contribution < 1.29 is 13.2 Å². The van der Waals surface area contributed by atoms with Crippen LogP contribution in [0.3, 0.4) is 0 Å². The number of sulfonamides is 1. The fourth-order valence-electron chi connectivity index (χ4n) is 4.11. The topological polar surface area (TPSA) is 82.6 Å². The van der Waals surface area contributed by atoms with Crippen LogP contribution in [0.1, 0.15) is 42.3 Å². The number of hydrogen-bond donors (Lipinski definition) is 1. The highest BCUT2D eigenvalue weighted by Gasteiger charge is 2.24. The number of hydrogen-bond acceptors (Lipinski definition) is 5. The molecule has 0 saturated carbocycles. The highest BCUT2D eigenvalue weighted by Crippen LogP contribution is 2.28. The van der Waals surface area contributed by atoms with Gasteiger partial charge in [0.05, 0.1) is 4.90 Å². The lowest BCUT2D eigenvalue weighted by Gasteiger charge is -2.35. The van der Waals surface area contributed by atoms with Gasteiger partial charge in [-0.3, -0.25) is 9.52 Å². The van der Waals surface area contributed by atoms with Crippen LogP contribution >= 0.6 is 0 Å². The quantitative estimate of drug-likeness (QED) is 0.569. The summed E-state index contributed by atoms with van der Waals surface area (Å²) in [5.74, 6) is 0.855. The summed E-state index contributed by atoms with van der Waals surface area (Å²) < 4.78 is 28.9. The van der Waals surface area contributed by atoms with E-state index in [1.807, 2.05) is 35.2 Å². The van der Waals surface area contributed by atoms with Gasteiger partial charge in [-0.25, -0.2) is 13.4 Å². The Morgan fingerprint density at radius 1 is 0.943 bits per heavy atom. The van der Waals surface area contributed by atoms with Gasteiger partial charge in [0, 0.05) is 43.6 Å². The predicted molar refractivity (Wildman–Crippen MR) is 139 cm³/mol. The number of anilines is 2. The smallest absolute Gasteiger partial charge is 0.262 e. The van der Waals surface area contributed by atoms with Crippen molar-refractivity contribution in [3.63, 3.8) is 0 Å². The number of piperazine rings is 1. The van der Waals surface area contributed by atoms with Crippen molar-refractivity contribution in [1.29, 1.82) is 0 Å². The highest BCUT2D eigenvalue weighted by atomic mass is 32.2. The van der Waals surface area contributed by atoms with Gasteiger partial charge in [-0.05, 0) is 65.9 Å². The summed E-state index contributed by atoms with van der Waals surface area (Å²) in [4.78, 5) is 21.6. The fraction of sp³-hybridized carbons (Fsp3) is 0.333. The Morgan fingerprint density at radius 2 is 1.63 bits per heavy atom. The molecule has 184 valence electrons. The first-order chi connectivity index (χ1) is 16.5. The lowest BCUT2D eigenvalue weighted by Crippen LogP contribution is -2.49. The Balaban J connectivity index is 1.42. The van der Waals surface area contributed by atoms with E-state index in [0.717, 1.165) is 11.4 Å². The molecule has 2 aromatic carbocycles. The summed E-state index contributed by atoms with van der Waals surface area (Å²) in [5.41, 5.74) is 2.42. The molecule has 0 spiro atoms. The number of carbonyl (C=O) groups is 1. The van der Waals surface area contributed by atoms with E-state index >= 15 is 0 Å². The molecule has 1 amide bonds. The van der Waals surface area contributed by atoms with Crippen molar-refractivity contribution in [1.82, 2.24) is 9.88 Å². The number of aryl methyl sites for hydroxylation is 1. The van der Waals surface area contributed by atoms with E-state index in [9.17, 15) is 13.2 Å². The van der Waals surface area contributed by atoms with Crippen LogP contribution in [0.15, 0.2) is 71.8 Å². The molecule has 1 aromatic heterocycles. The summed E-state index contributed by atoms with van der Waals surface area (Å²) in [6.07, 6.45) is 1.77. The third kappa shape index (κ3) is 5.65. The van der Waals surface area contributed by atoms with Crippen molar-refractivity contribution in [2.24, 2.45) is 0 Å². The first-order valence-electron chi connectivity index (χ1n) is 11.7. The van der Waals surface area contributed by atoms with E-state index in [1.165, 1.54) is 0 Å². The molecule has 0 unspecified atom stereocenters. The summed E-state index contributed by atoms with van der Waals surface area (Å²) in [7, 11) is -3.77. The van der Waals surface area contributed by atoms with Gasteiger partial charge < -0.3 is 9.80 Å². The van der Waals surface area contributed by atoms with Gasteiger partial charge in [0.2, 0.25) is 0 Å². The number of aromatic nitrogens is 1. The number of rotatable bonds is 5. The Labute approximate surface area is 207 Å². The maximum absolute atomic E-state index is 13.1. The van der Waals surface area contributed by atoms with Crippen LogP contribution in [0, 0.1) is 6.92 Å². The molecular formula is C27H32N4O3S. The van der Waals surface area contributed by atoms with Crippen molar-refractivity contribution in [2.75, 3.05) is 35.8 Å². The largest absolute Gasteiger partial charge is 0.353 e. The van der Waals surface area contributed by atoms with Crippen LogP contribution in [-0.4, -0.2) is 50.4 Å². The Kier molecular flexibility index (Phi) is 6.85. The van der Waals surface area contributed by atoms with Gasteiger partial charge in [-0.15, -0.1) is 0 Å². The second-order valence-corrected chi connectivity index (χ2v) is 11.5. The first-order valence-corrected chi connectivity index (χ1v) is 13.2. The normalized spacial score (nSPS) is 14.6. The van der Waals surface area contributed by atoms with E-state index in [4.69, 9.17) is 0 Å². The lowest BCUT2D eigenvalue weighted by atomic mass is 9.87. The highest BCUT2D eigenvalue weighted by molar-refractivity contribution is 7.92. The second kappa shape index (κ2) is 9.70. The minimum Gasteiger partial charge on any atom is -0.353 e. The number of nitrogens with one attached hydrogen (secondary N) is 1. The SMILES string of the molecule is Cc1ccc(C(C)(C)C)cc1S(=O)(=O)Nc1ccc(C(=O)N2CCN(c3ccccn3)CC2)cc1. The third-order valence-corrected chi connectivity index (χ3v) is 7.79. The van der Waals surface area contributed by atoms with Crippen molar-refractivity contribution in [2.45, 2.75) is 38.0 Å². The van der Waals surface area contributed by atoms with Gasteiger partial charge in [0.15, 0.2) is 0 Å². The van der Waals surface area contributed by atoms with Crippen LogP contribution < -0.4 is 9.62 Å². The minimum atomic E-state index is -3.77. The number of benzene rings is 2. The fourth-order valence-corrected chi connectivity index (χ4v) is 5.44. The predicted octanol–water partition coefficient (Wildman–Crippen LogP) is 4.45. The molecule has 0 radical (unpaired) electrons. The zero-order chi connectivity index (χ0) is 25.2. The zero-order valence-corrected chi connectivity index (χ0v) is 21.5. The molecule has 0 bridgehead atoms. The average Bonchev–Trinajstić information content (AvgIpc) is 2.84. The van der Waals surface area contributed by atoms with Gasteiger partial charge >= 0.3 is 0 Å². The van der Waals surface area contributed by atoms with Crippen LogP contribution in [0.4, 0.5) is 11.5 Å². The van der Waals surface area contributed by atoms with E-state index in [1.54, 1.807) is 43.5 Å². The average molecular weight is 493 g/mol. The maximum atomic E-state index is 13.1. The number of amides is 1. The maximum Gasteiger partial charge on any atom is 0.262 e. The van der Waals surface area contributed by atoms with Crippen molar-refractivity contribution in [3.05, 3.63) is 83.6 Å². The second-order valence-electron chi connectivity index (χ2n) is 9.88. The molecular weight excluding hydrogens is 460 g/mol. The molecule has 0 aliphatic carbocycles. The molecule has 1 fully saturated rings. The molecule has 3 aromatic rings. The number of carbonyl (C=O) groups excluding carboxylic acids is 1. The lowest BCUT2D eigenvalue weighted by molar-refractivity contribution is 0.0746. The molecule has 1 N–H and O–H groups in total. The van der Waals surface area contributed by atoms with Gasteiger partial charge in [-0.1, -0.05) is 39.0 Å². The van der Waals surface area contributed by atoms with Crippen molar-refractivity contribution >= 4 is 27.4 Å². The summed E-state index contributed by atoms with van der Waals surface area (Å²) in [5, 5.41) is 0. The van der Waals surface area contributed by atoms with Gasteiger partial charge in [-0.2, -0.15) is 0 Å². The van der Waals surface area contributed by atoms with Gasteiger partial charge in [0.1, 0.15) is 5.82 Å². The van der Waals surface area contributed by atoms with Crippen LogP contribution in [0.25, 0.3) is 0 Å². The molecule has 4 rings (SSSR count). The van der Waals surface area contributed by atoms with E-state index in [0.29, 0.717) is 43.0 Å².